The van der Waals surface area contributed by atoms with Gasteiger partial charge in [0.2, 0.25) is 0 Å². The summed E-state index contributed by atoms with van der Waals surface area (Å²) in [5.41, 5.74) is 0.893. The summed E-state index contributed by atoms with van der Waals surface area (Å²) < 4.78 is 15.1. The number of hydrogen-bond acceptors (Lipinski definition) is 3. The van der Waals surface area contributed by atoms with Gasteiger partial charge in [-0.15, -0.1) is 16.8 Å². The molecule has 0 N–H and O–H groups in total. The lowest BCUT2D eigenvalue weighted by Gasteiger charge is -2.07. The van der Waals surface area contributed by atoms with Crippen LogP contribution in [-0.4, -0.2) is 14.8 Å². The van der Waals surface area contributed by atoms with Crippen molar-refractivity contribution in [2.75, 3.05) is 0 Å². The zero-order chi connectivity index (χ0) is 14.8. The number of hydrogen-bond donors (Lipinski definition) is 0. The first-order chi connectivity index (χ1) is 10.2. The monoisotopic (exact) mass is 323 g/mol. The highest BCUT2D eigenvalue weighted by Crippen LogP contribution is 2.40. The molecule has 1 aliphatic rings. The second-order valence-corrected chi connectivity index (χ2v) is 6.39. The van der Waals surface area contributed by atoms with Crippen LogP contribution in [0.4, 0.5) is 4.39 Å². The molecule has 6 heteroatoms. The molecular weight excluding hydrogens is 309 g/mol. The molecule has 0 amide bonds. The summed E-state index contributed by atoms with van der Waals surface area (Å²) in [5.74, 6) is 1.90. The van der Waals surface area contributed by atoms with Crippen LogP contribution in [0.1, 0.15) is 30.1 Å². The summed E-state index contributed by atoms with van der Waals surface area (Å²) in [4.78, 5) is 0. The molecule has 0 unspecified atom stereocenters. The lowest BCUT2D eigenvalue weighted by molar-refractivity contribution is 0.627. The van der Waals surface area contributed by atoms with Crippen LogP contribution in [0.15, 0.2) is 36.0 Å². The summed E-state index contributed by atoms with van der Waals surface area (Å²) >= 11 is 7.61. The molecule has 1 saturated carbocycles. The number of nitrogens with zero attached hydrogens (tertiary/aromatic N) is 3. The van der Waals surface area contributed by atoms with Crippen molar-refractivity contribution in [1.82, 2.24) is 14.8 Å². The zero-order valence-electron chi connectivity index (χ0n) is 11.4. The molecular formula is C15H15ClFN3S. The topological polar surface area (TPSA) is 30.7 Å². The molecule has 0 spiro atoms. The van der Waals surface area contributed by atoms with E-state index in [0.717, 1.165) is 16.5 Å². The van der Waals surface area contributed by atoms with E-state index in [9.17, 15) is 4.39 Å². The van der Waals surface area contributed by atoms with Gasteiger partial charge in [-0.05, 0) is 30.5 Å². The molecule has 1 fully saturated rings. The zero-order valence-corrected chi connectivity index (χ0v) is 13.0. The van der Waals surface area contributed by atoms with Crippen LogP contribution < -0.4 is 0 Å². The van der Waals surface area contributed by atoms with Crippen LogP contribution in [-0.2, 0) is 12.3 Å². The van der Waals surface area contributed by atoms with Gasteiger partial charge in [0.05, 0.1) is 0 Å². The highest BCUT2D eigenvalue weighted by Gasteiger charge is 2.30. The Bertz CT molecular complexity index is 667. The van der Waals surface area contributed by atoms with Gasteiger partial charge in [-0.2, -0.15) is 0 Å². The van der Waals surface area contributed by atoms with Gasteiger partial charge >= 0.3 is 0 Å². The molecule has 1 heterocycles. The van der Waals surface area contributed by atoms with E-state index in [4.69, 9.17) is 11.6 Å². The predicted octanol–water partition coefficient (Wildman–Crippen LogP) is 4.43. The Morgan fingerprint density at radius 3 is 2.90 bits per heavy atom. The van der Waals surface area contributed by atoms with Gasteiger partial charge in [-0.1, -0.05) is 35.5 Å². The van der Waals surface area contributed by atoms with Crippen molar-refractivity contribution in [2.45, 2.75) is 36.2 Å². The average Bonchev–Trinajstić information content (AvgIpc) is 3.22. The highest BCUT2D eigenvalue weighted by molar-refractivity contribution is 7.98. The number of aromatic nitrogens is 3. The van der Waals surface area contributed by atoms with Gasteiger partial charge < -0.3 is 4.57 Å². The van der Waals surface area contributed by atoms with E-state index >= 15 is 0 Å². The first-order valence-corrected chi connectivity index (χ1v) is 8.16. The Balaban J connectivity index is 1.76. The summed E-state index contributed by atoms with van der Waals surface area (Å²) in [6.07, 6.45) is 4.22. The van der Waals surface area contributed by atoms with Crippen molar-refractivity contribution < 1.29 is 4.39 Å². The summed E-state index contributed by atoms with van der Waals surface area (Å²) in [6, 6.07) is 4.47. The molecule has 0 bridgehead atoms. The summed E-state index contributed by atoms with van der Waals surface area (Å²) in [6.45, 7) is 4.50. The average molecular weight is 324 g/mol. The van der Waals surface area contributed by atoms with Crippen LogP contribution in [0, 0.1) is 5.82 Å². The predicted molar refractivity (Wildman–Crippen MR) is 83.2 cm³/mol. The molecule has 0 aliphatic heterocycles. The van der Waals surface area contributed by atoms with Gasteiger partial charge in [0, 0.05) is 23.2 Å². The first-order valence-electron chi connectivity index (χ1n) is 6.79. The van der Waals surface area contributed by atoms with Crippen molar-refractivity contribution in [2.24, 2.45) is 0 Å². The molecule has 2 aromatic rings. The van der Waals surface area contributed by atoms with Gasteiger partial charge in [0.15, 0.2) is 5.16 Å². The maximum atomic E-state index is 13.0. The van der Waals surface area contributed by atoms with Crippen LogP contribution in [0.25, 0.3) is 0 Å². The van der Waals surface area contributed by atoms with Crippen LogP contribution in [0.3, 0.4) is 0 Å². The maximum absolute atomic E-state index is 13.0. The van der Waals surface area contributed by atoms with E-state index in [1.807, 2.05) is 6.08 Å². The Labute approximate surface area is 132 Å². The molecule has 110 valence electrons. The number of thioether (sulfide) groups is 1. The molecule has 3 nitrogen and oxygen atoms in total. The lowest BCUT2D eigenvalue weighted by Crippen LogP contribution is -2.02. The van der Waals surface area contributed by atoms with E-state index in [0.29, 0.717) is 23.2 Å². The largest absolute Gasteiger partial charge is 0.302 e. The molecule has 21 heavy (non-hydrogen) atoms. The van der Waals surface area contributed by atoms with Gasteiger partial charge in [-0.25, -0.2) is 4.39 Å². The minimum absolute atomic E-state index is 0.320. The Morgan fingerprint density at radius 1 is 1.43 bits per heavy atom. The molecule has 0 radical (unpaired) electrons. The third-order valence-corrected chi connectivity index (χ3v) is 4.74. The van der Waals surface area contributed by atoms with E-state index in [2.05, 4.69) is 21.3 Å². The number of halogens is 2. The second-order valence-electron chi connectivity index (χ2n) is 5.04. The lowest BCUT2D eigenvalue weighted by atomic mass is 10.2. The smallest absolute Gasteiger partial charge is 0.191 e. The fourth-order valence-electron chi connectivity index (χ4n) is 2.13. The van der Waals surface area contributed by atoms with Crippen molar-refractivity contribution in [1.29, 1.82) is 0 Å². The highest BCUT2D eigenvalue weighted by atomic mass is 35.5. The third kappa shape index (κ3) is 3.30. The molecule has 0 saturated heterocycles. The van der Waals surface area contributed by atoms with E-state index < -0.39 is 0 Å². The van der Waals surface area contributed by atoms with E-state index in [1.165, 1.54) is 25.0 Å². The third-order valence-electron chi connectivity index (χ3n) is 3.37. The number of benzene rings is 1. The van der Waals surface area contributed by atoms with Gasteiger partial charge in [-0.3, -0.25) is 0 Å². The SMILES string of the molecule is C=CCn1c(SCc2ccc(F)cc2Cl)nnc1C1CC1. The molecule has 0 atom stereocenters. The maximum Gasteiger partial charge on any atom is 0.191 e. The quantitative estimate of drug-likeness (QED) is 0.582. The van der Waals surface area contributed by atoms with Crippen LogP contribution >= 0.6 is 23.4 Å². The molecule has 1 aromatic carbocycles. The minimum atomic E-state index is -0.320. The van der Waals surface area contributed by atoms with Crippen LogP contribution in [0.2, 0.25) is 5.02 Å². The van der Waals surface area contributed by atoms with E-state index in [-0.39, 0.29) is 5.82 Å². The number of allylic oxidation sites excluding steroid dienone is 1. The number of rotatable bonds is 6. The van der Waals surface area contributed by atoms with Crippen molar-refractivity contribution in [3.05, 3.63) is 53.1 Å². The Kier molecular flexibility index (Phi) is 4.31. The van der Waals surface area contributed by atoms with Crippen molar-refractivity contribution in [3.63, 3.8) is 0 Å². The Hall–Kier alpha value is -1.33. The van der Waals surface area contributed by atoms with Gasteiger partial charge in [0.25, 0.3) is 0 Å². The fourth-order valence-corrected chi connectivity index (χ4v) is 3.40. The normalized spacial score (nSPS) is 14.4. The standard InChI is InChI=1S/C15H15ClFN3S/c1-2-7-20-14(10-3-4-10)18-19-15(20)21-9-11-5-6-12(17)8-13(11)16/h2,5-6,8,10H,1,3-4,7,9H2. The summed E-state index contributed by atoms with van der Waals surface area (Å²) in [5, 5.41) is 9.87. The second kappa shape index (κ2) is 6.20. The summed E-state index contributed by atoms with van der Waals surface area (Å²) in [7, 11) is 0. The fraction of sp³-hybridized carbons (Fsp3) is 0.333. The van der Waals surface area contributed by atoms with Crippen molar-refractivity contribution >= 4 is 23.4 Å². The van der Waals surface area contributed by atoms with Gasteiger partial charge in [0.1, 0.15) is 11.6 Å². The molecule has 3 rings (SSSR count). The molecule has 1 aromatic heterocycles. The van der Waals surface area contributed by atoms with Crippen LogP contribution in [0.5, 0.6) is 0 Å². The first kappa shape index (κ1) is 14.6. The Morgan fingerprint density at radius 2 is 2.24 bits per heavy atom. The van der Waals surface area contributed by atoms with Crippen molar-refractivity contribution in [3.8, 4) is 0 Å². The minimum Gasteiger partial charge on any atom is -0.302 e. The molecule has 1 aliphatic carbocycles. The van der Waals surface area contributed by atoms with E-state index in [1.54, 1.807) is 17.8 Å².